The average molecular weight is 200 g/mol. The Morgan fingerprint density at radius 1 is 1.20 bits per heavy atom. The van der Waals surface area contributed by atoms with Crippen LogP contribution in [0.15, 0.2) is 59.8 Å². The van der Waals surface area contributed by atoms with E-state index in [0.29, 0.717) is 0 Å². The molecule has 2 aliphatic carbocycles. The number of fused-ring (bicyclic) bond motifs is 1. The quantitative estimate of drug-likeness (QED) is 0.744. The fourth-order valence-electron chi connectivity index (χ4n) is 1.83. The van der Waals surface area contributed by atoms with Crippen LogP contribution in [0.25, 0.3) is 0 Å². The highest BCUT2D eigenvalue weighted by Crippen LogP contribution is 2.30. The number of aliphatic carboxylic acids is 1. The number of hydrogen-bond acceptors (Lipinski definition) is 1. The molecule has 1 atom stereocenters. The number of carboxylic acids is 1. The molecule has 0 radical (unpaired) electrons. The minimum absolute atomic E-state index is 0.00472. The van der Waals surface area contributed by atoms with Gasteiger partial charge in [-0.05, 0) is 11.1 Å². The van der Waals surface area contributed by atoms with Crippen molar-refractivity contribution in [3.8, 4) is 0 Å². The highest BCUT2D eigenvalue weighted by atomic mass is 16.4. The van der Waals surface area contributed by atoms with Crippen molar-refractivity contribution in [2.24, 2.45) is 5.92 Å². The van der Waals surface area contributed by atoms with Crippen molar-refractivity contribution < 1.29 is 9.90 Å². The SMILES string of the molecule is O=C(O)CC1C=CC=C2C=CC=CC=C21. The van der Waals surface area contributed by atoms with Gasteiger partial charge in [0.1, 0.15) is 0 Å². The molecule has 1 unspecified atom stereocenters. The smallest absolute Gasteiger partial charge is 0.304 e. The Hall–Kier alpha value is -1.83. The van der Waals surface area contributed by atoms with Crippen molar-refractivity contribution in [3.05, 3.63) is 59.8 Å². The molecule has 0 aliphatic heterocycles. The van der Waals surface area contributed by atoms with Crippen LogP contribution in [0.5, 0.6) is 0 Å². The van der Waals surface area contributed by atoms with Gasteiger partial charge < -0.3 is 5.11 Å². The van der Waals surface area contributed by atoms with E-state index in [0.717, 1.165) is 11.1 Å². The lowest BCUT2D eigenvalue weighted by molar-refractivity contribution is -0.137. The van der Waals surface area contributed by atoms with E-state index in [-0.39, 0.29) is 12.3 Å². The molecule has 2 aliphatic rings. The largest absolute Gasteiger partial charge is 0.481 e. The Morgan fingerprint density at radius 2 is 2.07 bits per heavy atom. The lowest BCUT2D eigenvalue weighted by Gasteiger charge is -2.18. The van der Waals surface area contributed by atoms with Crippen molar-refractivity contribution in [2.45, 2.75) is 6.42 Å². The molecule has 0 heterocycles. The van der Waals surface area contributed by atoms with Crippen LogP contribution in [0, 0.1) is 5.92 Å². The zero-order chi connectivity index (χ0) is 10.7. The Kier molecular flexibility index (Phi) is 2.68. The molecule has 1 N–H and O–H groups in total. The van der Waals surface area contributed by atoms with E-state index in [9.17, 15) is 4.79 Å². The second-order valence-electron chi connectivity index (χ2n) is 3.58. The first-order chi connectivity index (χ1) is 7.27. The summed E-state index contributed by atoms with van der Waals surface area (Å²) in [5, 5.41) is 8.81. The molecular weight excluding hydrogens is 188 g/mol. The van der Waals surface area contributed by atoms with Crippen molar-refractivity contribution in [1.29, 1.82) is 0 Å². The van der Waals surface area contributed by atoms with E-state index < -0.39 is 5.97 Å². The van der Waals surface area contributed by atoms with Gasteiger partial charge in [-0.2, -0.15) is 0 Å². The van der Waals surface area contributed by atoms with E-state index in [1.807, 2.05) is 48.6 Å². The summed E-state index contributed by atoms with van der Waals surface area (Å²) in [5.74, 6) is -0.765. The molecule has 0 saturated carbocycles. The van der Waals surface area contributed by atoms with Gasteiger partial charge in [-0.15, -0.1) is 0 Å². The summed E-state index contributed by atoms with van der Waals surface area (Å²) in [4.78, 5) is 10.7. The number of hydrogen-bond donors (Lipinski definition) is 1. The molecule has 0 bridgehead atoms. The highest BCUT2D eigenvalue weighted by molar-refractivity contribution is 5.69. The molecule has 15 heavy (non-hydrogen) atoms. The van der Waals surface area contributed by atoms with Crippen LogP contribution >= 0.6 is 0 Å². The van der Waals surface area contributed by atoms with Crippen molar-refractivity contribution in [3.63, 3.8) is 0 Å². The Labute approximate surface area is 88.6 Å². The van der Waals surface area contributed by atoms with Gasteiger partial charge in [-0.1, -0.05) is 48.6 Å². The molecule has 2 rings (SSSR count). The molecule has 0 amide bonds. The van der Waals surface area contributed by atoms with Gasteiger partial charge in [-0.25, -0.2) is 0 Å². The van der Waals surface area contributed by atoms with Crippen molar-refractivity contribution in [2.75, 3.05) is 0 Å². The molecule has 0 saturated heterocycles. The fourth-order valence-corrected chi connectivity index (χ4v) is 1.83. The zero-order valence-corrected chi connectivity index (χ0v) is 8.26. The molecule has 2 heteroatoms. The monoisotopic (exact) mass is 200 g/mol. The van der Waals surface area contributed by atoms with Gasteiger partial charge in [-0.3, -0.25) is 4.79 Å². The Balaban J connectivity index is 2.30. The average Bonchev–Trinajstić information content (AvgIpc) is 2.42. The van der Waals surface area contributed by atoms with Crippen molar-refractivity contribution >= 4 is 5.97 Å². The first kappa shape index (κ1) is 9.71. The topological polar surface area (TPSA) is 37.3 Å². The van der Waals surface area contributed by atoms with Crippen LogP contribution in [0.1, 0.15) is 6.42 Å². The Morgan fingerprint density at radius 3 is 2.87 bits per heavy atom. The summed E-state index contributed by atoms with van der Waals surface area (Å²) in [5.41, 5.74) is 2.19. The van der Waals surface area contributed by atoms with Gasteiger partial charge in [0.2, 0.25) is 0 Å². The summed E-state index contributed by atoms with van der Waals surface area (Å²) in [6.07, 6.45) is 15.9. The van der Waals surface area contributed by atoms with Gasteiger partial charge >= 0.3 is 5.97 Å². The third kappa shape index (κ3) is 2.15. The van der Waals surface area contributed by atoms with E-state index in [4.69, 9.17) is 5.11 Å². The summed E-state index contributed by atoms with van der Waals surface area (Å²) in [6.45, 7) is 0. The normalized spacial score (nSPS) is 22.8. The lowest BCUT2D eigenvalue weighted by Crippen LogP contribution is -2.11. The van der Waals surface area contributed by atoms with Gasteiger partial charge in [0, 0.05) is 5.92 Å². The van der Waals surface area contributed by atoms with Crippen LogP contribution in [-0.4, -0.2) is 11.1 Å². The van der Waals surface area contributed by atoms with Crippen LogP contribution in [0.4, 0.5) is 0 Å². The molecule has 2 nitrogen and oxygen atoms in total. The Bertz CT molecular complexity index is 420. The fraction of sp³-hybridized carbons (Fsp3) is 0.154. The second-order valence-corrected chi connectivity index (χ2v) is 3.58. The van der Waals surface area contributed by atoms with E-state index >= 15 is 0 Å². The van der Waals surface area contributed by atoms with Crippen LogP contribution < -0.4 is 0 Å². The van der Waals surface area contributed by atoms with Gasteiger partial charge in [0.25, 0.3) is 0 Å². The first-order valence-electron chi connectivity index (χ1n) is 4.93. The first-order valence-corrected chi connectivity index (χ1v) is 4.93. The molecule has 0 aromatic rings. The minimum atomic E-state index is -0.760. The third-order valence-corrected chi connectivity index (χ3v) is 2.52. The van der Waals surface area contributed by atoms with Crippen LogP contribution in [0.2, 0.25) is 0 Å². The predicted octanol–water partition coefficient (Wildman–Crippen LogP) is 2.63. The lowest BCUT2D eigenvalue weighted by atomic mass is 9.86. The number of carboxylic acid groups (broad SMARTS) is 1. The number of carbonyl (C=O) groups is 1. The third-order valence-electron chi connectivity index (χ3n) is 2.52. The van der Waals surface area contributed by atoms with Gasteiger partial charge in [0.15, 0.2) is 0 Å². The second kappa shape index (κ2) is 4.13. The van der Waals surface area contributed by atoms with E-state index in [1.165, 1.54) is 0 Å². The maximum Gasteiger partial charge on any atom is 0.304 e. The van der Waals surface area contributed by atoms with Crippen LogP contribution in [0.3, 0.4) is 0 Å². The van der Waals surface area contributed by atoms with Crippen molar-refractivity contribution in [1.82, 2.24) is 0 Å². The summed E-state index contributed by atoms with van der Waals surface area (Å²) in [6, 6.07) is 0. The molecule has 0 aromatic heterocycles. The minimum Gasteiger partial charge on any atom is -0.481 e. The van der Waals surface area contributed by atoms with E-state index in [1.54, 1.807) is 0 Å². The standard InChI is InChI=1S/C13H12O2/c14-13(15)9-11-7-4-6-10-5-2-1-3-8-12(10)11/h1-8,11H,9H2,(H,14,15). The van der Waals surface area contributed by atoms with Crippen LogP contribution in [-0.2, 0) is 4.79 Å². The molecule has 0 spiro atoms. The number of allylic oxidation sites excluding steroid dienone is 10. The van der Waals surface area contributed by atoms with E-state index in [2.05, 4.69) is 0 Å². The molecular formula is C13H12O2. The highest BCUT2D eigenvalue weighted by Gasteiger charge is 2.19. The maximum absolute atomic E-state index is 10.7. The van der Waals surface area contributed by atoms with Gasteiger partial charge in [0.05, 0.1) is 6.42 Å². The molecule has 0 aromatic carbocycles. The predicted molar refractivity (Wildman–Crippen MR) is 59.3 cm³/mol. The summed E-state index contributed by atoms with van der Waals surface area (Å²) >= 11 is 0. The zero-order valence-electron chi connectivity index (χ0n) is 8.26. The molecule has 0 fully saturated rings. The molecule has 76 valence electrons. The number of rotatable bonds is 2. The summed E-state index contributed by atoms with van der Waals surface area (Å²) in [7, 11) is 0. The maximum atomic E-state index is 10.7. The summed E-state index contributed by atoms with van der Waals surface area (Å²) < 4.78 is 0.